The fourth-order valence-electron chi connectivity index (χ4n) is 0.675. The second kappa shape index (κ2) is 3.53. The Kier molecular flexibility index (Phi) is 2.60. The van der Waals surface area contributed by atoms with E-state index in [1.54, 1.807) is 16.9 Å². The Labute approximate surface area is 64.1 Å². The average Bonchev–Trinajstić information content (AvgIpc) is 1.91. The van der Waals surface area contributed by atoms with Gasteiger partial charge in [0.1, 0.15) is 0 Å². The van der Waals surface area contributed by atoms with E-state index in [9.17, 15) is 0 Å². The SMILES string of the molecule is [AsH2]C=Cc1ccccc1. The third-order valence-electron chi connectivity index (χ3n) is 1.09. The molecule has 0 amide bonds. The summed E-state index contributed by atoms with van der Waals surface area (Å²) in [6.07, 6.45) is 2.11. The van der Waals surface area contributed by atoms with Crippen LogP contribution in [0.3, 0.4) is 0 Å². The maximum absolute atomic E-state index is 2.11. The van der Waals surface area contributed by atoms with Crippen molar-refractivity contribution in [3.05, 3.63) is 40.8 Å². The van der Waals surface area contributed by atoms with Crippen molar-refractivity contribution < 1.29 is 0 Å². The number of hydrogen-bond acceptors (Lipinski definition) is 0. The zero-order chi connectivity index (χ0) is 6.53. The van der Waals surface area contributed by atoms with Crippen molar-refractivity contribution in [1.82, 2.24) is 0 Å². The molecule has 0 spiro atoms. The molecule has 1 aromatic carbocycles. The first-order chi connectivity index (χ1) is 4.43. The van der Waals surface area contributed by atoms with Crippen LogP contribution in [0.4, 0.5) is 0 Å². The number of hydrogen-bond donors (Lipinski definition) is 0. The Bertz CT molecular complexity index is 189. The van der Waals surface area contributed by atoms with Crippen molar-refractivity contribution in [3.8, 4) is 0 Å². The van der Waals surface area contributed by atoms with Crippen LogP contribution in [0.5, 0.6) is 0 Å². The van der Waals surface area contributed by atoms with E-state index in [-0.39, 0.29) is 0 Å². The summed E-state index contributed by atoms with van der Waals surface area (Å²) in [6, 6.07) is 10.3. The maximum atomic E-state index is 2.11. The monoisotopic (exact) mass is 180 g/mol. The molecule has 1 aromatic rings. The molecule has 9 heavy (non-hydrogen) atoms. The summed E-state index contributed by atoms with van der Waals surface area (Å²) in [5.74, 6) is 0. The first-order valence-electron chi connectivity index (χ1n) is 2.87. The van der Waals surface area contributed by atoms with Crippen LogP contribution in [0.25, 0.3) is 6.08 Å². The molecule has 46 valence electrons. The Morgan fingerprint density at radius 1 is 1.11 bits per heavy atom. The quantitative estimate of drug-likeness (QED) is 0.571. The van der Waals surface area contributed by atoms with Gasteiger partial charge in [0.25, 0.3) is 0 Å². The molecule has 0 fully saturated rings. The summed E-state index contributed by atoms with van der Waals surface area (Å²) >= 11 is 1.63. The van der Waals surface area contributed by atoms with Crippen molar-refractivity contribution in [2.24, 2.45) is 0 Å². The van der Waals surface area contributed by atoms with E-state index in [2.05, 4.69) is 23.1 Å². The minimum atomic E-state index is 1.28. The van der Waals surface area contributed by atoms with E-state index in [0.29, 0.717) is 0 Å². The van der Waals surface area contributed by atoms with E-state index < -0.39 is 0 Å². The van der Waals surface area contributed by atoms with E-state index in [4.69, 9.17) is 0 Å². The summed E-state index contributed by atoms with van der Waals surface area (Å²) in [5.41, 5.74) is 1.28. The van der Waals surface area contributed by atoms with Gasteiger partial charge in [-0.25, -0.2) is 0 Å². The van der Waals surface area contributed by atoms with E-state index in [0.717, 1.165) is 0 Å². The van der Waals surface area contributed by atoms with Crippen LogP contribution >= 0.6 is 0 Å². The molecule has 0 aliphatic rings. The minimum absolute atomic E-state index is 1.28. The molecule has 1 heteroatoms. The van der Waals surface area contributed by atoms with E-state index in [1.807, 2.05) is 18.2 Å². The Morgan fingerprint density at radius 3 is 2.33 bits per heavy atom. The normalized spacial score (nSPS) is 10.3. The topological polar surface area (TPSA) is 0 Å². The average molecular weight is 180 g/mol. The molecule has 0 radical (unpaired) electrons. The van der Waals surface area contributed by atoms with Crippen molar-refractivity contribution >= 4 is 22.9 Å². The summed E-state index contributed by atoms with van der Waals surface area (Å²) < 4.78 is 0. The van der Waals surface area contributed by atoms with Crippen LogP contribution in [-0.2, 0) is 0 Å². The van der Waals surface area contributed by atoms with Crippen molar-refractivity contribution in [2.75, 3.05) is 0 Å². The van der Waals surface area contributed by atoms with Crippen molar-refractivity contribution in [2.45, 2.75) is 0 Å². The standard InChI is InChI=1S/C8H9As/c9-7-6-8-4-2-1-3-5-8/h1-7H,9H2. The van der Waals surface area contributed by atoms with Crippen molar-refractivity contribution in [3.63, 3.8) is 0 Å². The molecule has 1 atom stereocenters. The fourth-order valence-corrected chi connectivity index (χ4v) is 1.14. The van der Waals surface area contributed by atoms with E-state index >= 15 is 0 Å². The molecule has 1 unspecified atom stereocenters. The van der Waals surface area contributed by atoms with Gasteiger partial charge in [-0.1, -0.05) is 0 Å². The molecular formula is C8H9As. The summed E-state index contributed by atoms with van der Waals surface area (Å²) in [7, 11) is 0. The van der Waals surface area contributed by atoms with Crippen LogP contribution in [-0.4, -0.2) is 16.9 Å². The molecule has 0 saturated carbocycles. The van der Waals surface area contributed by atoms with Crippen LogP contribution in [0.1, 0.15) is 5.56 Å². The van der Waals surface area contributed by atoms with Gasteiger partial charge in [0.05, 0.1) is 0 Å². The molecule has 0 aromatic heterocycles. The summed E-state index contributed by atoms with van der Waals surface area (Å²) in [6.45, 7) is 0. The van der Waals surface area contributed by atoms with Crippen molar-refractivity contribution in [1.29, 1.82) is 0 Å². The first-order valence-corrected chi connectivity index (χ1v) is 4.26. The summed E-state index contributed by atoms with van der Waals surface area (Å²) in [5, 5.41) is 0. The molecule has 0 saturated heterocycles. The van der Waals surface area contributed by atoms with Gasteiger partial charge in [0.2, 0.25) is 0 Å². The third kappa shape index (κ3) is 2.07. The van der Waals surface area contributed by atoms with Gasteiger partial charge in [-0.3, -0.25) is 0 Å². The predicted molar refractivity (Wildman–Crippen MR) is 44.0 cm³/mol. The molecule has 0 aliphatic carbocycles. The Balaban J connectivity index is 2.85. The molecule has 0 nitrogen and oxygen atoms in total. The zero-order valence-corrected chi connectivity index (χ0v) is 7.54. The molecule has 1 rings (SSSR count). The van der Waals surface area contributed by atoms with Crippen LogP contribution < -0.4 is 0 Å². The Morgan fingerprint density at radius 2 is 1.78 bits per heavy atom. The van der Waals surface area contributed by atoms with Gasteiger partial charge in [-0.05, 0) is 0 Å². The van der Waals surface area contributed by atoms with Gasteiger partial charge in [-0.2, -0.15) is 0 Å². The molecule has 0 bridgehead atoms. The van der Waals surface area contributed by atoms with Gasteiger partial charge in [0, 0.05) is 0 Å². The molecule has 0 heterocycles. The van der Waals surface area contributed by atoms with Crippen LogP contribution in [0, 0.1) is 0 Å². The molecule has 0 N–H and O–H groups in total. The van der Waals surface area contributed by atoms with E-state index in [1.165, 1.54) is 5.56 Å². The summed E-state index contributed by atoms with van der Waals surface area (Å²) in [4.78, 5) is 2.10. The van der Waals surface area contributed by atoms with Gasteiger partial charge >= 0.3 is 63.7 Å². The molecule has 0 aliphatic heterocycles. The van der Waals surface area contributed by atoms with Crippen LogP contribution in [0.15, 0.2) is 35.2 Å². The predicted octanol–water partition coefficient (Wildman–Crippen LogP) is 1.29. The number of rotatable bonds is 1. The fraction of sp³-hybridized carbons (Fsp3) is 0. The van der Waals surface area contributed by atoms with Crippen LogP contribution in [0.2, 0.25) is 0 Å². The third-order valence-corrected chi connectivity index (χ3v) is 1.49. The van der Waals surface area contributed by atoms with Gasteiger partial charge < -0.3 is 0 Å². The number of benzene rings is 1. The zero-order valence-electron chi connectivity index (χ0n) is 5.12. The second-order valence-electron chi connectivity index (χ2n) is 1.77. The Hall–Kier alpha value is -0.482. The molecular weight excluding hydrogens is 171 g/mol. The second-order valence-corrected chi connectivity index (χ2v) is 2.58. The van der Waals surface area contributed by atoms with Gasteiger partial charge in [-0.15, -0.1) is 0 Å². The van der Waals surface area contributed by atoms with Gasteiger partial charge in [0.15, 0.2) is 0 Å². The first kappa shape index (κ1) is 6.64.